The summed E-state index contributed by atoms with van der Waals surface area (Å²) >= 11 is 0. The third-order valence-electron chi connectivity index (χ3n) is 3.35. The highest BCUT2D eigenvalue weighted by atomic mass is 16.2. The molecule has 0 spiro atoms. The second-order valence-corrected chi connectivity index (χ2v) is 5.01. The van der Waals surface area contributed by atoms with E-state index >= 15 is 0 Å². The number of nitrogens with zero attached hydrogens (tertiary/aromatic N) is 1. The molecule has 1 fully saturated rings. The highest BCUT2D eigenvalue weighted by Gasteiger charge is 2.24. The Labute approximate surface area is 108 Å². The zero-order chi connectivity index (χ0) is 13.1. The van der Waals surface area contributed by atoms with Gasteiger partial charge in [0, 0.05) is 18.3 Å². The van der Waals surface area contributed by atoms with Crippen molar-refractivity contribution in [3.05, 3.63) is 29.3 Å². The van der Waals surface area contributed by atoms with Crippen LogP contribution in [-0.4, -0.2) is 31.6 Å². The minimum atomic E-state index is 0.0830. The van der Waals surface area contributed by atoms with Gasteiger partial charge in [0.2, 0.25) is 5.91 Å². The van der Waals surface area contributed by atoms with E-state index in [9.17, 15) is 4.79 Å². The zero-order valence-corrected chi connectivity index (χ0v) is 11.1. The standard InChI is InChI=1S/C14H21N3O/c1-10-3-4-13(11(2)7-10)17-8-12(5-6-15)16-14(18)9-17/h3-4,7,12H,5-6,8-9,15H2,1-2H3,(H,16,18). The van der Waals surface area contributed by atoms with Crippen LogP contribution in [0.1, 0.15) is 17.5 Å². The minimum absolute atomic E-state index is 0.0830. The van der Waals surface area contributed by atoms with Crippen molar-refractivity contribution in [3.63, 3.8) is 0 Å². The molecule has 1 atom stereocenters. The zero-order valence-electron chi connectivity index (χ0n) is 11.1. The molecule has 1 heterocycles. The molecule has 1 amide bonds. The fourth-order valence-electron chi connectivity index (χ4n) is 2.53. The number of hydrogen-bond donors (Lipinski definition) is 2. The van der Waals surface area contributed by atoms with Crippen molar-refractivity contribution >= 4 is 11.6 Å². The van der Waals surface area contributed by atoms with E-state index in [1.165, 1.54) is 11.1 Å². The van der Waals surface area contributed by atoms with Gasteiger partial charge in [0.25, 0.3) is 0 Å². The van der Waals surface area contributed by atoms with Crippen molar-refractivity contribution in [1.29, 1.82) is 0 Å². The van der Waals surface area contributed by atoms with Crippen LogP contribution >= 0.6 is 0 Å². The topological polar surface area (TPSA) is 58.4 Å². The van der Waals surface area contributed by atoms with E-state index in [0.717, 1.165) is 18.7 Å². The molecule has 98 valence electrons. The van der Waals surface area contributed by atoms with Gasteiger partial charge in [-0.25, -0.2) is 0 Å². The molecule has 1 aliphatic heterocycles. The van der Waals surface area contributed by atoms with Crippen molar-refractivity contribution < 1.29 is 4.79 Å². The Bertz CT molecular complexity index is 445. The van der Waals surface area contributed by atoms with Crippen molar-refractivity contribution in [2.24, 2.45) is 5.73 Å². The Morgan fingerprint density at radius 2 is 2.22 bits per heavy atom. The SMILES string of the molecule is Cc1ccc(N2CC(=O)NC(CCN)C2)c(C)c1. The highest BCUT2D eigenvalue weighted by molar-refractivity contribution is 5.83. The lowest BCUT2D eigenvalue weighted by atomic mass is 10.1. The highest BCUT2D eigenvalue weighted by Crippen LogP contribution is 2.22. The maximum atomic E-state index is 11.7. The summed E-state index contributed by atoms with van der Waals surface area (Å²) in [7, 11) is 0. The average molecular weight is 247 g/mol. The lowest BCUT2D eigenvalue weighted by Crippen LogP contribution is -2.54. The van der Waals surface area contributed by atoms with Gasteiger partial charge in [0.1, 0.15) is 0 Å². The molecule has 4 nitrogen and oxygen atoms in total. The number of benzene rings is 1. The summed E-state index contributed by atoms with van der Waals surface area (Å²) in [5.74, 6) is 0.0830. The Morgan fingerprint density at radius 3 is 2.89 bits per heavy atom. The Balaban J connectivity index is 2.18. The number of amides is 1. The monoisotopic (exact) mass is 247 g/mol. The summed E-state index contributed by atoms with van der Waals surface area (Å²) in [5, 5.41) is 2.99. The van der Waals surface area contributed by atoms with E-state index in [4.69, 9.17) is 5.73 Å². The van der Waals surface area contributed by atoms with Crippen molar-refractivity contribution in [3.8, 4) is 0 Å². The first kappa shape index (κ1) is 12.9. The van der Waals surface area contributed by atoms with Gasteiger partial charge in [-0.2, -0.15) is 0 Å². The number of nitrogens with two attached hydrogens (primary N) is 1. The van der Waals surface area contributed by atoms with E-state index in [-0.39, 0.29) is 11.9 Å². The van der Waals surface area contributed by atoms with Crippen LogP contribution in [0, 0.1) is 13.8 Å². The molecule has 1 unspecified atom stereocenters. The van der Waals surface area contributed by atoms with Gasteiger partial charge in [-0.15, -0.1) is 0 Å². The molecule has 0 bridgehead atoms. The van der Waals surface area contributed by atoms with Gasteiger partial charge in [0.15, 0.2) is 0 Å². The molecular weight excluding hydrogens is 226 g/mol. The summed E-state index contributed by atoms with van der Waals surface area (Å²) in [6.45, 7) is 6.05. The molecule has 0 aliphatic carbocycles. The molecule has 1 saturated heterocycles. The van der Waals surface area contributed by atoms with Crippen LogP contribution in [0.15, 0.2) is 18.2 Å². The Kier molecular flexibility index (Phi) is 3.87. The first-order valence-corrected chi connectivity index (χ1v) is 6.42. The largest absolute Gasteiger partial charge is 0.360 e. The summed E-state index contributed by atoms with van der Waals surface area (Å²) in [6.07, 6.45) is 0.827. The first-order valence-electron chi connectivity index (χ1n) is 6.42. The number of hydrogen-bond acceptors (Lipinski definition) is 3. The summed E-state index contributed by atoms with van der Waals surface area (Å²) in [5.41, 5.74) is 9.18. The molecular formula is C14H21N3O. The number of carbonyl (C=O) groups is 1. The molecule has 4 heteroatoms. The molecule has 0 radical (unpaired) electrons. The lowest BCUT2D eigenvalue weighted by Gasteiger charge is -2.35. The third-order valence-corrected chi connectivity index (χ3v) is 3.35. The van der Waals surface area contributed by atoms with E-state index in [0.29, 0.717) is 13.1 Å². The van der Waals surface area contributed by atoms with Gasteiger partial charge < -0.3 is 16.0 Å². The van der Waals surface area contributed by atoms with Crippen LogP contribution in [0.4, 0.5) is 5.69 Å². The van der Waals surface area contributed by atoms with Crippen LogP contribution in [0.25, 0.3) is 0 Å². The minimum Gasteiger partial charge on any atom is -0.360 e. The van der Waals surface area contributed by atoms with Crippen LogP contribution in [0.3, 0.4) is 0 Å². The first-order chi connectivity index (χ1) is 8.60. The molecule has 3 N–H and O–H groups in total. The average Bonchev–Trinajstić information content (AvgIpc) is 2.28. The molecule has 18 heavy (non-hydrogen) atoms. The van der Waals surface area contributed by atoms with E-state index < -0.39 is 0 Å². The fraction of sp³-hybridized carbons (Fsp3) is 0.500. The quantitative estimate of drug-likeness (QED) is 0.836. The lowest BCUT2D eigenvalue weighted by molar-refractivity contribution is -0.121. The number of anilines is 1. The number of nitrogens with one attached hydrogen (secondary N) is 1. The second kappa shape index (κ2) is 5.40. The second-order valence-electron chi connectivity index (χ2n) is 5.01. The molecule has 1 aromatic rings. The predicted octanol–water partition coefficient (Wildman–Crippen LogP) is 0.957. The molecule has 0 aromatic heterocycles. The van der Waals surface area contributed by atoms with Crippen molar-refractivity contribution in [2.45, 2.75) is 26.3 Å². The Hall–Kier alpha value is -1.55. The van der Waals surface area contributed by atoms with Gasteiger partial charge in [-0.1, -0.05) is 17.7 Å². The maximum absolute atomic E-state index is 11.7. The van der Waals surface area contributed by atoms with Gasteiger partial charge in [-0.05, 0) is 38.4 Å². The van der Waals surface area contributed by atoms with Crippen LogP contribution < -0.4 is 16.0 Å². The fourth-order valence-corrected chi connectivity index (χ4v) is 2.53. The number of piperazine rings is 1. The summed E-state index contributed by atoms with van der Waals surface area (Å²) < 4.78 is 0. The number of carbonyl (C=O) groups excluding carboxylic acids is 1. The van der Waals surface area contributed by atoms with E-state index in [1.807, 2.05) is 0 Å². The number of aryl methyl sites for hydroxylation is 2. The van der Waals surface area contributed by atoms with E-state index in [2.05, 4.69) is 42.3 Å². The van der Waals surface area contributed by atoms with Gasteiger partial charge in [-0.3, -0.25) is 4.79 Å². The molecule has 0 saturated carbocycles. The predicted molar refractivity (Wildman–Crippen MR) is 73.7 cm³/mol. The van der Waals surface area contributed by atoms with Crippen LogP contribution in [0.5, 0.6) is 0 Å². The van der Waals surface area contributed by atoms with Gasteiger partial charge in [0.05, 0.1) is 6.54 Å². The molecule has 2 rings (SSSR count). The smallest absolute Gasteiger partial charge is 0.239 e. The summed E-state index contributed by atoms with van der Waals surface area (Å²) in [4.78, 5) is 13.9. The molecule has 1 aliphatic rings. The number of rotatable bonds is 3. The maximum Gasteiger partial charge on any atom is 0.239 e. The van der Waals surface area contributed by atoms with Crippen LogP contribution in [-0.2, 0) is 4.79 Å². The Morgan fingerprint density at radius 1 is 1.44 bits per heavy atom. The van der Waals surface area contributed by atoms with E-state index in [1.54, 1.807) is 0 Å². The third kappa shape index (κ3) is 2.82. The molecule has 1 aromatic carbocycles. The summed E-state index contributed by atoms with van der Waals surface area (Å²) in [6, 6.07) is 6.51. The van der Waals surface area contributed by atoms with Crippen molar-refractivity contribution in [1.82, 2.24) is 5.32 Å². The van der Waals surface area contributed by atoms with Gasteiger partial charge >= 0.3 is 0 Å². The van der Waals surface area contributed by atoms with Crippen molar-refractivity contribution in [2.75, 3.05) is 24.5 Å². The normalized spacial score (nSPS) is 19.8. The van der Waals surface area contributed by atoms with Crippen LogP contribution in [0.2, 0.25) is 0 Å².